The highest BCUT2D eigenvalue weighted by atomic mass is 15.2. The molecule has 97 heavy (non-hydrogen) atoms. The zero-order valence-electron chi connectivity index (χ0n) is 67.2. The normalized spacial score (nSPS) is 14.9. The van der Waals surface area contributed by atoms with E-state index in [1.807, 2.05) is 36.4 Å². The molecular formula is C92H67BN4. The van der Waals surface area contributed by atoms with Gasteiger partial charge in [-0.1, -0.05) is 272 Å². The Morgan fingerprint density at radius 3 is 1.57 bits per heavy atom. The minimum Gasteiger partial charge on any atom is -0.311 e. The summed E-state index contributed by atoms with van der Waals surface area (Å²) in [7, 11) is 0. The third kappa shape index (κ3) is 8.12. The minimum atomic E-state index is -0.646. The molecular weight excluding hydrogens is 1170 g/mol. The van der Waals surface area contributed by atoms with E-state index in [-0.39, 0.29) is 50.3 Å². The Morgan fingerprint density at radius 1 is 0.309 bits per heavy atom. The summed E-state index contributed by atoms with van der Waals surface area (Å²) in [4.78, 5) is 2.47. The van der Waals surface area contributed by atoms with Gasteiger partial charge in [-0.05, 0) is 160 Å². The fraction of sp³-hybridized carbons (Fsp3) is 0.0870. The molecule has 6 heterocycles. The number of hydrogen-bond donors (Lipinski definition) is 0. The number of nitrogens with zero attached hydrogens (tertiary/aromatic N) is 4. The molecule has 0 radical (unpaired) electrons. The molecule has 0 fully saturated rings. The summed E-state index contributed by atoms with van der Waals surface area (Å²) < 4.78 is 127. The van der Waals surface area contributed by atoms with Gasteiger partial charge in [0.2, 0.25) is 0 Å². The lowest BCUT2D eigenvalue weighted by Crippen LogP contribution is -2.60. The van der Waals surface area contributed by atoms with Crippen molar-refractivity contribution in [2.45, 2.75) is 52.4 Å². The molecule has 2 aliphatic rings. The zero-order chi connectivity index (χ0) is 76.1. The molecule has 0 saturated carbocycles. The van der Waals surface area contributed by atoms with E-state index >= 15 is 0 Å². The van der Waals surface area contributed by atoms with Gasteiger partial charge in [0.15, 0.2) is 0 Å². The maximum Gasteiger partial charge on any atom is 0.252 e. The van der Waals surface area contributed by atoms with Crippen molar-refractivity contribution in [2.24, 2.45) is 0 Å². The van der Waals surface area contributed by atoms with E-state index in [0.29, 0.717) is 27.5 Å². The molecule has 458 valence electrons. The van der Waals surface area contributed by atoms with Crippen LogP contribution in [0, 0.1) is 0 Å². The number of para-hydroxylation sites is 4. The first kappa shape index (κ1) is 44.1. The third-order valence-corrected chi connectivity index (χ3v) is 20.8. The van der Waals surface area contributed by atoms with Crippen LogP contribution in [0.3, 0.4) is 0 Å². The van der Waals surface area contributed by atoms with Crippen LogP contribution in [-0.4, -0.2) is 20.2 Å². The maximum atomic E-state index is 9.77. The molecule has 0 saturated heterocycles. The minimum absolute atomic E-state index is 0.000441. The van der Waals surface area contributed by atoms with Gasteiger partial charge in [-0.15, -0.1) is 0 Å². The second-order valence-corrected chi connectivity index (χ2v) is 28.2. The second kappa shape index (κ2) is 20.4. The number of hydrogen-bond acceptors (Lipinski definition) is 1. The Morgan fingerprint density at radius 2 is 0.876 bits per heavy atom. The first-order chi connectivity index (χ1) is 52.8. The molecule has 2 aliphatic heterocycles. The summed E-state index contributed by atoms with van der Waals surface area (Å²) in [6, 6.07) is 71.5. The standard InChI is InChI=1S/C92H67BN4/c1-91(2,3)62-48-60(49-63(53-62)92(4,5)6)59-42-46-77-83(52-59)95(64-43-40-58(41-44-64)56-24-9-7-10-25-56)90-86-74-36-23-35-73-69-31-16-14-29-67(69)66-28-13-15-30-68(66)70-32-17-22-39-81(70)96(88(73)74)84(86)55-85-87(90)93(77)78-51-61(57-26-11-8-12-27-57)50-76-75-54-65(45-47-82(75)97(85)89(76)78)94-79-37-20-18-33-71(79)72-34-19-21-38-80(72)94/h7-55H,1-6H3/i8D,11D,12D,18D,19D,20D,21D,26D,27D,33D,34D,37D,38D. The van der Waals surface area contributed by atoms with Crippen molar-refractivity contribution >= 4 is 143 Å². The van der Waals surface area contributed by atoms with Crippen molar-refractivity contribution in [1.82, 2.24) is 13.5 Å². The summed E-state index contributed by atoms with van der Waals surface area (Å²) in [5.41, 5.74) is 17.2. The van der Waals surface area contributed by atoms with E-state index in [0.717, 1.165) is 127 Å². The molecule has 0 aliphatic carbocycles. The number of rotatable bonds is 5. The van der Waals surface area contributed by atoms with Gasteiger partial charge in [0.25, 0.3) is 6.71 Å². The second-order valence-electron chi connectivity index (χ2n) is 28.2. The van der Waals surface area contributed by atoms with Gasteiger partial charge < -0.3 is 18.4 Å². The Kier molecular flexibility index (Phi) is 9.29. The summed E-state index contributed by atoms with van der Waals surface area (Å²) in [6.45, 7) is 12.9. The summed E-state index contributed by atoms with van der Waals surface area (Å²) >= 11 is 0. The Hall–Kier alpha value is -11.7. The van der Waals surface area contributed by atoms with Gasteiger partial charge in [-0.3, -0.25) is 0 Å². The topological polar surface area (TPSA) is 17.5 Å². The molecule has 5 heteroatoms. The van der Waals surface area contributed by atoms with Gasteiger partial charge in [0.1, 0.15) is 0 Å². The molecule has 0 spiro atoms. The van der Waals surface area contributed by atoms with Crippen LogP contribution in [0.15, 0.2) is 297 Å². The third-order valence-electron chi connectivity index (χ3n) is 20.8. The first-order valence-corrected chi connectivity index (χ1v) is 33.2. The van der Waals surface area contributed by atoms with Crippen molar-refractivity contribution in [3.8, 4) is 44.8 Å². The lowest BCUT2D eigenvalue weighted by atomic mass is 9.33. The molecule has 20 rings (SSSR count). The van der Waals surface area contributed by atoms with Crippen molar-refractivity contribution < 1.29 is 17.8 Å². The van der Waals surface area contributed by atoms with E-state index in [1.165, 1.54) is 15.7 Å². The molecule has 4 aromatic heterocycles. The van der Waals surface area contributed by atoms with Crippen LogP contribution in [0.4, 0.5) is 17.1 Å². The van der Waals surface area contributed by atoms with Crippen molar-refractivity contribution in [2.75, 3.05) is 4.90 Å². The fourth-order valence-electron chi connectivity index (χ4n) is 16.3. The van der Waals surface area contributed by atoms with E-state index in [9.17, 15) is 11.0 Å². The predicted octanol–water partition coefficient (Wildman–Crippen LogP) is 22.7. The molecule has 0 bridgehead atoms. The predicted molar refractivity (Wildman–Crippen MR) is 415 cm³/mol. The van der Waals surface area contributed by atoms with Crippen LogP contribution in [-0.2, 0) is 10.8 Å². The van der Waals surface area contributed by atoms with Crippen LogP contribution < -0.4 is 21.3 Å². The van der Waals surface area contributed by atoms with Crippen LogP contribution in [0.5, 0.6) is 0 Å². The van der Waals surface area contributed by atoms with Crippen LogP contribution in [0.25, 0.3) is 148 Å². The highest BCUT2D eigenvalue weighted by molar-refractivity contribution is 7.00. The Labute approximate surface area is 582 Å². The smallest absolute Gasteiger partial charge is 0.252 e. The number of fused-ring (bicyclic) bond motifs is 21. The van der Waals surface area contributed by atoms with Crippen molar-refractivity contribution in [3.05, 3.63) is 308 Å². The quantitative estimate of drug-likeness (QED) is 0.157. The summed E-state index contributed by atoms with van der Waals surface area (Å²) in [6.07, 6.45) is 0. The SMILES string of the molecule is [2H]c1c([2H])c([2H])c(-c2cc3c4c(c2)c2cc(-n5c6c([2H])c([2H])c([2H])c([2H])c6c6c([2H])c([2H])c([2H])c([2H])c65)ccc2n4-c2cc4c(c5c2B3c2ccc(-c3cc(C(C)(C)C)cc(C(C)(C)C)c3)cc2N5c2ccc(-c3ccccc3)cc2)c2cccc3c5ccccc5c5ccccc5c5ccccc5n4c32)c([2H])c1[2H]. The average Bonchev–Trinajstić information content (AvgIpc) is 1.48. The van der Waals surface area contributed by atoms with Gasteiger partial charge in [-0.25, -0.2) is 0 Å². The van der Waals surface area contributed by atoms with Gasteiger partial charge >= 0.3 is 0 Å². The van der Waals surface area contributed by atoms with E-state index < -0.39 is 73.2 Å². The van der Waals surface area contributed by atoms with E-state index in [4.69, 9.17) is 6.85 Å². The van der Waals surface area contributed by atoms with Gasteiger partial charge in [-0.2, -0.15) is 0 Å². The fourth-order valence-corrected chi connectivity index (χ4v) is 16.3. The van der Waals surface area contributed by atoms with Crippen LogP contribution in [0.1, 0.15) is 70.5 Å². The van der Waals surface area contributed by atoms with Crippen molar-refractivity contribution in [1.29, 1.82) is 0 Å². The lowest BCUT2D eigenvalue weighted by Gasteiger charge is -2.41. The summed E-state index contributed by atoms with van der Waals surface area (Å²) in [5, 5.41) is 9.44. The maximum absolute atomic E-state index is 9.77. The van der Waals surface area contributed by atoms with Gasteiger partial charge in [0, 0.05) is 71.4 Å². The van der Waals surface area contributed by atoms with E-state index in [1.54, 1.807) is 0 Å². The number of aromatic nitrogens is 3. The number of benzene rings is 14. The molecule has 14 aromatic carbocycles. The molecule has 0 unspecified atom stereocenters. The molecule has 0 N–H and O–H groups in total. The van der Waals surface area contributed by atoms with Crippen LogP contribution >= 0.6 is 0 Å². The van der Waals surface area contributed by atoms with E-state index in [2.05, 4.69) is 237 Å². The first-order valence-electron chi connectivity index (χ1n) is 39.7. The number of anilines is 3. The molecule has 4 nitrogen and oxygen atoms in total. The molecule has 0 amide bonds. The highest BCUT2D eigenvalue weighted by Crippen LogP contribution is 2.51. The Balaban J connectivity index is 1.02. The zero-order valence-corrected chi connectivity index (χ0v) is 54.2. The Bertz CT molecular complexity index is 7150. The van der Waals surface area contributed by atoms with Gasteiger partial charge in [0.05, 0.1) is 56.6 Å². The van der Waals surface area contributed by atoms with Crippen molar-refractivity contribution in [3.63, 3.8) is 0 Å². The van der Waals surface area contributed by atoms with Crippen LogP contribution in [0.2, 0.25) is 0 Å². The monoisotopic (exact) mass is 1250 g/mol. The molecule has 18 aromatic rings. The average molecular weight is 1250 g/mol. The lowest BCUT2D eigenvalue weighted by molar-refractivity contribution is 0.569. The highest BCUT2D eigenvalue weighted by Gasteiger charge is 2.45. The summed E-state index contributed by atoms with van der Waals surface area (Å²) in [5.74, 6) is 0. The largest absolute Gasteiger partial charge is 0.311 e. The molecule has 0 atom stereocenters.